The van der Waals surface area contributed by atoms with Gasteiger partial charge in [0.25, 0.3) is 0 Å². The highest BCUT2D eigenvalue weighted by molar-refractivity contribution is 4.52. The maximum Gasteiger partial charge on any atom is 0.143 e. The van der Waals surface area contributed by atoms with E-state index in [4.69, 9.17) is 0 Å². The van der Waals surface area contributed by atoms with E-state index in [-0.39, 0.29) is 0 Å². The summed E-state index contributed by atoms with van der Waals surface area (Å²) in [6.45, 7) is 6.91. The van der Waals surface area contributed by atoms with E-state index in [1.165, 1.54) is 0 Å². The third kappa shape index (κ3) is 5.80. The van der Waals surface area contributed by atoms with Crippen molar-refractivity contribution in [2.24, 2.45) is 5.92 Å². The van der Waals surface area contributed by atoms with Gasteiger partial charge in [0.05, 0.1) is 0 Å². The zero-order chi connectivity index (χ0) is 7.28. The second-order valence-electron chi connectivity index (χ2n) is 2.70. The van der Waals surface area contributed by atoms with Crippen molar-refractivity contribution in [3.05, 3.63) is 0 Å². The Labute approximate surface area is 57.3 Å². The van der Waals surface area contributed by atoms with Gasteiger partial charge < -0.3 is 0 Å². The fourth-order valence-corrected chi connectivity index (χ4v) is 0.511. The van der Waals surface area contributed by atoms with Crippen molar-refractivity contribution in [1.82, 2.24) is 5.32 Å². The molecule has 0 rings (SSSR count). The molecule has 0 saturated heterocycles. The average Bonchev–Trinajstić information content (AvgIpc) is 1.83. The van der Waals surface area contributed by atoms with Crippen molar-refractivity contribution in [3.8, 4) is 0 Å². The molecule has 1 N–H and O–H groups in total. The summed E-state index contributed by atoms with van der Waals surface area (Å²) in [6, 6.07) is 0. The van der Waals surface area contributed by atoms with Crippen LogP contribution in [-0.4, -0.2) is 12.8 Å². The molecule has 0 aromatic rings. The van der Waals surface area contributed by atoms with Crippen LogP contribution in [0.2, 0.25) is 0 Å². The summed E-state index contributed by atoms with van der Waals surface area (Å²) in [4.78, 5) is 0. The maximum atomic E-state index is 10.7. The highest BCUT2D eigenvalue weighted by atomic mass is 16.3. The van der Waals surface area contributed by atoms with Gasteiger partial charge in [0.2, 0.25) is 0 Å². The Bertz CT molecular complexity index is 63.9. The van der Waals surface area contributed by atoms with Crippen molar-refractivity contribution < 1.29 is 5.11 Å². The Morgan fingerprint density at radius 1 is 1.44 bits per heavy atom. The van der Waals surface area contributed by atoms with E-state index >= 15 is 0 Å². The number of nitrogens with one attached hydrogen (secondary N) is 1. The SMILES string of the molecule is CCC([O])NCC(C)C. The Morgan fingerprint density at radius 3 is 2.33 bits per heavy atom. The summed E-state index contributed by atoms with van der Waals surface area (Å²) in [7, 11) is 0. The second-order valence-corrected chi connectivity index (χ2v) is 2.70. The fourth-order valence-electron chi connectivity index (χ4n) is 0.511. The summed E-state index contributed by atoms with van der Waals surface area (Å²) in [5.74, 6) is 0.577. The maximum absolute atomic E-state index is 10.7. The van der Waals surface area contributed by atoms with Gasteiger partial charge in [-0.15, -0.1) is 0 Å². The summed E-state index contributed by atoms with van der Waals surface area (Å²) in [6.07, 6.45) is 0.111. The third-order valence-electron chi connectivity index (χ3n) is 1.12. The molecule has 0 bridgehead atoms. The van der Waals surface area contributed by atoms with Crippen LogP contribution in [0, 0.1) is 5.92 Å². The quantitative estimate of drug-likeness (QED) is 0.573. The molecular formula is C7H16NO. The van der Waals surface area contributed by atoms with E-state index in [2.05, 4.69) is 19.2 Å². The first-order chi connectivity index (χ1) is 4.16. The molecule has 0 aliphatic heterocycles. The van der Waals surface area contributed by atoms with Crippen molar-refractivity contribution in [2.75, 3.05) is 6.54 Å². The highest BCUT2D eigenvalue weighted by Gasteiger charge is 2.00. The predicted octanol–water partition coefficient (Wildman–Crippen LogP) is 1.40. The van der Waals surface area contributed by atoms with Crippen LogP contribution in [0.1, 0.15) is 27.2 Å². The molecule has 0 amide bonds. The molecule has 0 heterocycles. The van der Waals surface area contributed by atoms with Crippen molar-refractivity contribution >= 4 is 0 Å². The van der Waals surface area contributed by atoms with Crippen LogP contribution < -0.4 is 5.32 Å². The molecule has 0 aliphatic carbocycles. The molecule has 0 saturated carbocycles. The van der Waals surface area contributed by atoms with Gasteiger partial charge in [-0.05, 0) is 18.9 Å². The summed E-state index contributed by atoms with van der Waals surface area (Å²) < 4.78 is 0. The molecule has 0 aromatic heterocycles. The fraction of sp³-hybridized carbons (Fsp3) is 1.00. The van der Waals surface area contributed by atoms with Crippen LogP contribution in [0.3, 0.4) is 0 Å². The van der Waals surface area contributed by atoms with Gasteiger partial charge in [0, 0.05) is 0 Å². The Kier molecular flexibility index (Phi) is 4.72. The zero-order valence-corrected chi connectivity index (χ0v) is 6.48. The van der Waals surface area contributed by atoms with Crippen LogP contribution in [0.5, 0.6) is 0 Å². The van der Waals surface area contributed by atoms with Gasteiger partial charge >= 0.3 is 0 Å². The minimum absolute atomic E-state index is 0.563. The number of rotatable bonds is 4. The molecule has 0 aromatic carbocycles. The lowest BCUT2D eigenvalue weighted by molar-refractivity contribution is 0.0533. The average molecular weight is 130 g/mol. The molecule has 9 heavy (non-hydrogen) atoms. The van der Waals surface area contributed by atoms with E-state index < -0.39 is 6.23 Å². The summed E-state index contributed by atoms with van der Waals surface area (Å²) in [5, 5.41) is 13.6. The smallest absolute Gasteiger partial charge is 0.143 e. The summed E-state index contributed by atoms with van der Waals surface area (Å²) >= 11 is 0. The molecule has 1 atom stereocenters. The van der Waals surface area contributed by atoms with E-state index in [1.807, 2.05) is 6.92 Å². The van der Waals surface area contributed by atoms with E-state index in [0.29, 0.717) is 12.3 Å². The molecule has 2 nitrogen and oxygen atoms in total. The van der Waals surface area contributed by atoms with Gasteiger partial charge in [0.1, 0.15) is 6.23 Å². The molecule has 0 fully saturated rings. The van der Waals surface area contributed by atoms with Gasteiger partial charge in [0.15, 0.2) is 0 Å². The normalized spacial score (nSPS) is 14.3. The van der Waals surface area contributed by atoms with Gasteiger partial charge in [-0.3, -0.25) is 5.32 Å². The second kappa shape index (κ2) is 4.77. The van der Waals surface area contributed by atoms with Crippen LogP contribution in [0.4, 0.5) is 0 Å². The van der Waals surface area contributed by atoms with Gasteiger partial charge in [-0.1, -0.05) is 20.8 Å². The van der Waals surface area contributed by atoms with E-state index in [0.717, 1.165) is 6.54 Å². The van der Waals surface area contributed by atoms with Crippen LogP contribution >= 0.6 is 0 Å². The summed E-state index contributed by atoms with van der Waals surface area (Å²) in [5.41, 5.74) is 0. The van der Waals surface area contributed by atoms with E-state index in [9.17, 15) is 5.11 Å². The molecular weight excluding hydrogens is 114 g/mol. The standard InChI is InChI=1S/C7H16NO/c1-4-7(9)8-5-6(2)3/h6-8H,4-5H2,1-3H3. The molecule has 1 unspecified atom stereocenters. The molecule has 2 heteroatoms. The van der Waals surface area contributed by atoms with Crippen molar-refractivity contribution in [3.63, 3.8) is 0 Å². The first kappa shape index (κ1) is 8.92. The van der Waals surface area contributed by atoms with Gasteiger partial charge in [-0.2, -0.15) is 0 Å². The minimum atomic E-state index is -0.563. The third-order valence-corrected chi connectivity index (χ3v) is 1.12. The Hall–Kier alpha value is -0.0800. The lowest BCUT2D eigenvalue weighted by atomic mass is 10.2. The topological polar surface area (TPSA) is 31.9 Å². The zero-order valence-electron chi connectivity index (χ0n) is 6.48. The lowest BCUT2D eigenvalue weighted by Gasteiger charge is -2.09. The van der Waals surface area contributed by atoms with E-state index in [1.54, 1.807) is 0 Å². The minimum Gasteiger partial charge on any atom is -0.289 e. The molecule has 55 valence electrons. The molecule has 1 radical (unpaired) electrons. The monoisotopic (exact) mass is 130 g/mol. The molecule has 0 spiro atoms. The largest absolute Gasteiger partial charge is 0.289 e. The Morgan fingerprint density at radius 2 is 2.00 bits per heavy atom. The highest BCUT2D eigenvalue weighted by Crippen LogP contribution is 1.90. The lowest BCUT2D eigenvalue weighted by Crippen LogP contribution is -2.29. The van der Waals surface area contributed by atoms with Crippen molar-refractivity contribution in [1.29, 1.82) is 0 Å². The first-order valence-electron chi connectivity index (χ1n) is 3.56. The predicted molar refractivity (Wildman–Crippen MR) is 37.6 cm³/mol. The van der Waals surface area contributed by atoms with Crippen LogP contribution in [0.15, 0.2) is 0 Å². The first-order valence-corrected chi connectivity index (χ1v) is 3.56. The number of hydrogen-bond acceptors (Lipinski definition) is 1. The number of hydrogen-bond donors (Lipinski definition) is 1. The van der Waals surface area contributed by atoms with Crippen LogP contribution in [-0.2, 0) is 5.11 Å². The Balaban J connectivity index is 3.06. The van der Waals surface area contributed by atoms with Crippen molar-refractivity contribution in [2.45, 2.75) is 33.4 Å². The van der Waals surface area contributed by atoms with Crippen LogP contribution in [0.25, 0.3) is 0 Å². The van der Waals surface area contributed by atoms with Gasteiger partial charge in [-0.25, -0.2) is 5.11 Å². The molecule has 0 aliphatic rings.